The van der Waals surface area contributed by atoms with Crippen LogP contribution in [0.1, 0.15) is 20.3 Å². The van der Waals surface area contributed by atoms with Crippen molar-refractivity contribution in [1.82, 2.24) is 4.31 Å². The van der Waals surface area contributed by atoms with Crippen LogP contribution in [0.15, 0.2) is 0 Å². The Bertz CT molecular complexity index is 966. The third-order valence-electron chi connectivity index (χ3n) is 4.54. The Morgan fingerprint density at radius 3 is 1.24 bits per heavy atom. The van der Waals surface area contributed by atoms with Crippen LogP contribution in [0.2, 0.25) is 0 Å². The van der Waals surface area contributed by atoms with Gasteiger partial charge in [0.1, 0.15) is 0 Å². The molecule has 0 N–H and O–H groups in total. The molecule has 0 spiro atoms. The van der Waals surface area contributed by atoms with Crippen molar-refractivity contribution in [1.29, 1.82) is 0 Å². The first kappa shape index (κ1) is 40.0. The Labute approximate surface area is 243 Å². The topological polar surface area (TPSA) is 77.5 Å². The molecule has 0 aliphatic rings. The van der Waals surface area contributed by atoms with Crippen LogP contribution in [0.3, 0.4) is 0 Å². The molecular weight excluding hydrogens is 640 g/mol. The summed E-state index contributed by atoms with van der Waals surface area (Å²) < 4.78 is 248. The Balaban J connectivity index is 0. The number of rotatable bonds is 12. The molecule has 24 heteroatoms. The van der Waals surface area contributed by atoms with Crippen LogP contribution in [0.25, 0.3) is 0 Å². The van der Waals surface area contributed by atoms with Gasteiger partial charge in [-0.25, -0.2) is 8.42 Å². The molecule has 0 aliphatic heterocycles. The molecule has 0 aliphatic carbocycles. The number of hydrogen-bond acceptors (Lipinski definition) is 4. The maximum atomic E-state index is 14.1. The summed E-state index contributed by atoms with van der Waals surface area (Å²) in [6.07, 6.45) is -8.73. The maximum absolute atomic E-state index is 14.1. The second-order valence-electron chi connectivity index (χ2n) is 7.07. The second-order valence-corrected chi connectivity index (χ2v) is 9.00. The number of alkyl halides is 17. The number of nitrogens with zero attached hydrogens (tertiary/aromatic N) is 1. The molecule has 0 radical (unpaired) electrons. The van der Waals surface area contributed by atoms with E-state index in [-0.39, 0.29) is 58.3 Å². The number of carboxylic acids is 1. The molecule has 1 atom stereocenters. The largest absolute Gasteiger partial charge is 1.00 e. The first-order chi connectivity index (χ1) is 15.8. The quantitative estimate of drug-likeness (QED) is 0.235. The van der Waals surface area contributed by atoms with Gasteiger partial charge in [0.2, 0.25) is 0 Å². The van der Waals surface area contributed by atoms with Gasteiger partial charge in [-0.2, -0.15) is 78.9 Å². The first-order valence-corrected chi connectivity index (χ1v) is 10.2. The maximum Gasteiger partial charge on any atom is 1.00 e. The average Bonchev–Trinajstić information content (AvgIpc) is 2.69. The van der Waals surface area contributed by atoms with E-state index in [4.69, 9.17) is 0 Å². The number of carboxylic acid groups (broad SMARTS) is 1. The van der Waals surface area contributed by atoms with Crippen molar-refractivity contribution in [3.8, 4) is 0 Å². The van der Waals surface area contributed by atoms with Crippen LogP contribution >= 0.6 is 0 Å². The molecule has 5 nitrogen and oxygen atoms in total. The summed E-state index contributed by atoms with van der Waals surface area (Å²) in [5, 5.41) is 2.93. The fraction of sp³-hybridized carbons (Fsp3) is 0.929. The summed E-state index contributed by atoms with van der Waals surface area (Å²) in [5.74, 6) is -55.0. The monoisotopic (exact) mass is 651 g/mol. The molecule has 0 unspecified atom stereocenters. The van der Waals surface area contributed by atoms with E-state index in [9.17, 15) is 93.0 Å². The van der Waals surface area contributed by atoms with Gasteiger partial charge in [0, 0.05) is 6.54 Å². The van der Waals surface area contributed by atoms with Gasteiger partial charge in [-0.15, -0.1) is 0 Å². The fourth-order valence-electron chi connectivity index (χ4n) is 2.32. The summed E-state index contributed by atoms with van der Waals surface area (Å²) >= 11 is 0. The Morgan fingerprint density at radius 2 is 0.974 bits per heavy atom. The van der Waals surface area contributed by atoms with Crippen LogP contribution in [-0.4, -0.2) is 78.2 Å². The van der Waals surface area contributed by atoms with Gasteiger partial charge < -0.3 is 9.90 Å². The summed E-state index contributed by atoms with van der Waals surface area (Å²) in [5.41, 5.74) is 0. The van der Waals surface area contributed by atoms with Gasteiger partial charge in [0.25, 0.3) is 10.0 Å². The minimum atomic E-state index is -8.96. The smallest absolute Gasteiger partial charge is 0.548 e. The summed E-state index contributed by atoms with van der Waals surface area (Å²) in [6.45, 7) is -0.707. The van der Waals surface area contributed by atoms with Gasteiger partial charge in [-0.05, 0) is 13.3 Å². The van der Waals surface area contributed by atoms with E-state index in [1.165, 1.54) is 0 Å². The van der Waals surface area contributed by atoms with Crippen molar-refractivity contribution in [2.24, 2.45) is 0 Å². The number of carbonyl (C=O) groups is 1. The van der Waals surface area contributed by atoms with E-state index in [0.717, 1.165) is 6.92 Å². The summed E-state index contributed by atoms with van der Waals surface area (Å²) in [6, 6.07) is -2.97. The van der Waals surface area contributed by atoms with Crippen molar-refractivity contribution < 1.29 is 144 Å². The van der Waals surface area contributed by atoms with E-state index in [0.29, 0.717) is 0 Å². The van der Waals surface area contributed by atoms with Crippen molar-refractivity contribution >= 4 is 16.0 Å². The molecule has 0 aromatic carbocycles. The zero-order valence-electron chi connectivity index (χ0n) is 18.4. The second kappa shape index (κ2) is 11.2. The molecule has 0 rings (SSSR count). The van der Waals surface area contributed by atoms with Gasteiger partial charge in [0.05, 0.1) is 12.0 Å². The summed E-state index contributed by atoms with van der Waals surface area (Å²) in [7, 11) is -7.69. The van der Waals surface area contributed by atoms with E-state index in [1.54, 1.807) is 0 Å². The standard InChI is InChI=1S/C14H12F17NO4S.K/c1-3-4-32(5(2)6(33)34)37(35,36)14(30,31)12(25,26)10(21,22)8(17,18)7(15,16)9(19,20)11(23,24)13(27,28)29;/h5H,3-4H2,1-2H3,(H,33,34);/q;+1/p-1/t5-;/m0./s1. The molecule has 0 amide bonds. The Morgan fingerprint density at radius 1 is 0.684 bits per heavy atom. The zero-order chi connectivity index (χ0) is 30.6. The van der Waals surface area contributed by atoms with Crippen molar-refractivity contribution in [2.75, 3.05) is 6.54 Å². The molecule has 0 fully saturated rings. The van der Waals surface area contributed by atoms with Gasteiger partial charge >= 0.3 is 98.4 Å². The molecule has 0 heterocycles. The van der Waals surface area contributed by atoms with E-state index in [1.807, 2.05) is 0 Å². The number of aliphatic carboxylic acids is 1. The number of carbonyl (C=O) groups excluding carboxylic acids is 1. The first-order valence-electron chi connectivity index (χ1n) is 8.74. The fourth-order valence-corrected chi connectivity index (χ4v) is 3.99. The normalized spacial score (nSPS) is 16.3. The molecule has 38 heavy (non-hydrogen) atoms. The molecule has 0 aromatic rings. The van der Waals surface area contributed by atoms with Gasteiger partial charge in [0.15, 0.2) is 0 Å². The van der Waals surface area contributed by atoms with Gasteiger partial charge in [-0.1, -0.05) is 6.92 Å². The minimum Gasteiger partial charge on any atom is -0.548 e. The zero-order valence-corrected chi connectivity index (χ0v) is 22.3. The average molecular weight is 651 g/mol. The van der Waals surface area contributed by atoms with Crippen LogP contribution < -0.4 is 56.5 Å². The molecular formula is C14H11F17KNO4S. The van der Waals surface area contributed by atoms with E-state index < -0.39 is 86.3 Å². The van der Waals surface area contributed by atoms with E-state index >= 15 is 0 Å². The van der Waals surface area contributed by atoms with Gasteiger partial charge in [-0.3, -0.25) is 0 Å². The number of sulfonamides is 1. The van der Waals surface area contributed by atoms with Crippen LogP contribution in [-0.2, 0) is 14.8 Å². The SMILES string of the molecule is CCCN([C@@H](C)C(=O)[O-])S(=O)(=O)C(F)(F)C(F)(F)C(F)(F)C(F)(F)C(F)(F)C(F)(F)C(F)(F)C(F)(F)F.[K+]. The minimum absolute atomic E-state index is 0. The molecule has 0 bridgehead atoms. The van der Waals surface area contributed by atoms with E-state index in [2.05, 4.69) is 0 Å². The molecule has 0 saturated carbocycles. The van der Waals surface area contributed by atoms with Crippen molar-refractivity contribution in [3.63, 3.8) is 0 Å². The summed E-state index contributed by atoms with van der Waals surface area (Å²) in [4.78, 5) is 10.7. The molecule has 0 saturated heterocycles. The van der Waals surface area contributed by atoms with Crippen LogP contribution in [0.5, 0.6) is 0 Å². The van der Waals surface area contributed by atoms with Crippen LogP contribution in [0.4, 0.5) is 74.6 Å². The number of halogens is 17. The third-order valence-corrected chi connectivity index (χ3v) is 6.56. The predicted octanol–water partition coefficient (Wildman–Crippen LogP) is 1.14. The van der Waals surface area contributed by atoms with Crippen molar-refractivity contribution in [2.45, 2.75) is 73.3 Å². The Hall–Kier alpha value is -0.174. The molecule has 222 valence electrons. The van der Waals surface area contributed by atoms with Crippen LogP contribution in [0, 0.1) is 0 Å². The Kier molecular flexibility index (Phi) is 11.8. The number of hydrogen-bond donors (Lipinski definition) is 0. The van der Waals surface area contributed by atoms with Crippen molar-refractivity contribution in [3.05, 3.63) is 0 Å². The molecule has 0 aromatic heterocycles. The third kappa shape index (κ3) is 5.51. The predicted molar refractivity (Wildman–Crippen MR) is 81.1 cm³/mol.